The summed E-state index contributed by atoms with van der Waals surface area (Å²) in [5.74, 6) is 0.865. The van der Waals surface area contributed by atoms with E-state index in [1.807, 2.05) is 32.0 Å². The van der Waals surface area contributed by atoms with E-state index in [4.69, 9.17) is 4.74 Å². The van der Waals surface area contributed by atoms with Crippen LogP contribution in [0.5, 0.6) is 5.75 Å². The Labute approximate surface area is 103 Å². The maximum atomic E-state index is 10.7. The monoisotopic (exact) mass is 235 g/mol. The summed E-state index contributed by atoms with van der Waals surface area (Å²) in [5.41, 5.74) is 1.20. The van der Waals surface area contributed by atoms with Crippen LogP contribution in [0.3, 0.4) is 0 Å². The van der Waals surface area contributed by atoms with Crippen molar-refractivity contribution < 1.29 is 9.84 Å². The number of rotatable bonds is 3. The van der Waals surface area contributed by atoms with Crippen LogP contribution >= 0.6 is 0 Å². The van der Waals surface area contributed by atoms with Gasteiger partial charge < -0.3 is 15.2 Å². The molecular formula is C14H21NO2. The summed E-state index contributed by atoms with van der Waals surface area (Å²) in [6.45, 7) is 4.88. The van der Waals surface area contributed by atoms with Crippen molar-refractivity contribution in [2.45, 2.75) is 38.3 Å². The van der Waals surface area contributed by atoms with Gasteiger partial charge in [0.1, 0.15) is 11.4 Å². The van der Waals surface area contributed by atoms with Gasteiger partial charge in [-0.25, -0.2) is 0 Å². The van der Waals surface area contributed by atoms with Crippen LogP contribution in [0.1, 0.15) is 30.9 Å². The van der Waals surface area contributed by atoms with Gasteiger partial charge in [-0.05, 0) is 56.5 Å². The molecule has 1 aromatic carbocycles. The SMILES string of the molecule is COc1ccc(C(C)(O)C2CCCN2)cc1C. The van der Waals surface area contributed by atoms with E-state index < -0.39 is 5.60 Å². The molecule has 0 spiro atoms. The standard InChI is InChI=1S/C14H21NO2/c1-10-9-11(6-7-12(10)17-3)14(2,16)13-5-4-8-15-13/h6-7,9,13,15-16H,4-5,8H2,1-3H3. The van der Waals surface area contributed by atoms with E-state index >= 15 is 0 Å². The molecule has 0 bridgehead atoms. The number of methoxy groups -OCH3 is 1. The molecule has 2 N–H and O–H groups in total. The Morgan fingerprint density at radius 1 is 1.47 bits per heavy atom. The number of benzene rings is 1. The predicted octanol–water partition coefficient (Wildman–Crippen LogP) is 1.96. The molecule has 0 amide bonds. The molecule has 1 aliphatic rings. The summed E-state index contributed by atoms with van der Waals surface area (Å²) in [5, 5.41) is 14.0. The zero-order chi connectivity index (χ0) is 12.5. The lowest BCUT2D eigenvalue weighted by atomic mass is 9.86. The summed E-state index contributed by atoms with van der Waals surface area (Å²) >= 11 is 0. The minimum absolute atomic E-state index is 0.148. The van der Waals surface area contributed by atoms with Crippen LogP contribution < -0.4 is 10.1 Å². The summed E-state index contributed by atoms with van der Waals surface area (Å²) < 4.78 is 5.24. The van der Waals surface area contributed by atoms with Crippen molar-refractivity contribution in [1.29, 1.82) is 0 Å². The van der Waals surface area contributed by atoms with Gasteiger partial charge in [0.25, 0.3) is 0 Å². The summed E-state index contributed by atoms with van der Waals surface area (Å²) in [6, 6.07) is 6.04. The van der Waals surface area contributed by atoms with Gasteiger partial charge in [-0.2, -0.15) is 0 Å². The molecule has 2 unspecified atom stereocenters. The predicted molar refractivity (Wildman–Crippen MR) is 68.3 cm³/mol. The lowest BCUT2D eigenvalue weighted by molar-refractivity contribution is 0.0217. The minimum atomic E-state index is -0.812. The smallest absolute Gasteiger partial charge is 0.121 e. The maximum Gasteiger partial charge on any atom is 0.121 e. The van der Waals surface area contributed by atoms with Crippen molar-refractivity contribution in [3.63, 3.8) is 0 Å². The summed E-state index contributed by atoms with van der Waals surface area (Å²) in [7, 11) is 1.67. The zero-order valence-electron chi connectivity index (χ0n) is 10.8. The topological polar surface area (TPSA) is 41.5 Å². The van der Waals surface area contributed by atoms with Crippen LogP contribution in [0.15, 0.2) is 18.2 Å². The Bertz CT molecular complexity index is 395. The molecule has 2 atom stereocenters. The van der Waals surface area contributed by atoms with Crippen molar-refractivity contribution in [3.8, 4) is 5.75 Å². The van der Waals surface area contributed by atoms with Gasteiger partial charge in [0, 0.05) is 6.04 Å². The second-order valence-electron chi connectivity index (χ2n) is 4.98. The van der Waals surface area contributed by atoms with Crippen molar-refractivity contribution in [2.24, 2.45) is 0 Å². The molecule has 1 heterocycles. The molecule has 0 aromatic heterocycles. The molecule has 1 saturated heterocycles. The Hall–Kier alpha value is -1.06. The van der Waals surface area contributed by atoms with Crippen LogP contribution in [0.4, 0.5) is 0 Å². The highest BCUT2D eigenvalue weighted by Gasteiger charge is 2.35. The third-order valence-electron chi connectivity index (χ3n) is 3.72. The molecule has 1 aromatic rings. The Balaban J connectivity index is 2.29. The van der Waals surface area contributed by atoms with Crippen LogP contribution in [0.2, 0.25) is 0 Å². The van der Waals surface area contributed by atoms with E-state index in [9.17, 15) is 5.11 Å². The van der Waals surface area contributed by atoms with Crippen molar-refractivity contribution in [1.82, 2.24) is 5.32 Å². The highest BCUT2D eigenvalue weighted by atomic mass is 16.5. The minimum Gasteiger partial charge on any atom is -0.496 e. The van der Waals surface area contributed by atoms with Crippen molar-refractivity contribution >= 4 is 0 Å². The van der Waals surface area contributed by atoms with Gasteiger partial charge in [0.05, 0.1) is 7.11 Å². The number of nitrogens with one attached hydrogen (secondary N) is 1. The van der Waals surface area contributed by atoms with E-state index in [2.05, 4.69) is 5.32 Å². The van der Waals surface area contributed by atoms with Gasteiger partial charge in [-0.3, -0.25) is 0 Å². The molecule has 3 heteroatoms. The van der Waals surface area contributed by atoms with Crippen LogP contribution in [0.25, 0.3) is 0 Å². The molecule has 17 heavy (non-hydrogen) atoms. The van der Waals surface area contributed by atoms with Crippen molar-refractivity contribution in [3.05, 3.63) is 29.3 Å². The first kappa shape index (κ1) is 12.4. The van der Waals surface area contributed by atoms with Gasteiger partial charge in [0.15, 0.2) is 0 Å². The van der Waals surface area contributed by atoms with Gasteiger partial charge in [-0.15, -0.1) is 0 Å². The number of aliphatic hydroxyl groups is 1. The van der Waals surface area contributed by atoms with E-state index in [0.717, 1.165) is 36.3 Å². The molecule has 0 aliphatic carbocycles. The van der Waals surface area contributed by atoms with E-state index in [-0.39, 0.29) is 6.04 Å². The fourth-order valence-electron chi connectivity index (χ4n) is 2.56. The first-order valence-electron chi connectivity index (χ1n) is 6.16. The third-order valence-corrected chi connectivity index (χ3v) is 3.72. The zero-order valence-corrected chi connectivity index (χ0v) is 10.8. The second-order valence-corrected chi connectivity index (χ2v) is 4.98. The second kappa shape index (κ2) is 4.67. The molecular weight excluding hydrogens is 214 g/mol. The lowest BCUT2D eigenvalue weighted by Gasteiger charge is -2.31. The number of hydrogen-bond acceptors (Lipinski definition) is 3. The highest BCUT2D eigenvalue weighted by molar-refractivity contribution is 5.39. The number of aryl methyl sites for hydroxylation is 1. The normalized spacial score (nSPS) is 23.4. The van der Waals surface area contributed by atoms with E-state index in [0.29, 0.717) is 0 Å². The van der Waals surface area contributed by atoms with Gasteiger partial charge in [0.2, 0.25) is 0 Å². The molecule has 0 radical (unpaired) electrons. The third kappa shape index (κ3) is 2.31. The molecule has 1 aliphatic heterocycles. The van der Waals surface area contributed by atoms with E-state index in [1.165, 1.54) is 0 Å². The molecule has 2 rings (SSSR count). The molecule has 1 fully saturated rings. The van der Waals surface area contributed by atoms with Crippen LogP contribution in [-0.2, 0) is 5.60 Å². The highest BCUT2D eigenvalue weighted by Crippen LogP contribution is 2.32. The molecule has 3 nitrogen and oxygen atoms in total. The van der Waals surface area contributed by atoms with Crippen LogP contribution in [0, 0.1) is 6.92 Å². The van der Waals surface area contributed by atoms with Crippen molar-refractivity contribution in [2.75, 3.05) is 13.7 Å². The van der Waals surface area contributed by atoms with Gasteiger partial charge in [-0.1, -0.05) is 6.07 Å². The van der Waals surface area contributed by atoms with Gasteiger partial charge >= 0.3 is 0 Å². The first-order chi connectivity index (χ1) is 8.05. The van der Waals surface area contributed by atoms with E-state index in [1.54, 1.807) is 7.11 Å². The lowest BCUT2D eigenvalue weighted by Crippen LogP contribution is -2.42. The maximum absolute atomic E-state index is 10.7. The first-order valence-corrected chi connectivity index (χ1v) is 6.16. The largest absolute Gasteiger partial charge is 0.496 e. The fraction of sp³-hybridized carbons (Fsp3) is 0.571. The Morgan fingerprint density at radius 2 is 2.24 bits per heavy atom. The molecule has 0 saturated carbocycles. The summed E-state index contributed by atoms with van der Waals surface area (Å²) in [6.07, 6.45) is 2.16. The average Bonchev–Trinajstić information content (AvgIpc) is 2.83. The molecule has 94 valence electrons. The number of ether oxygens (including phenoxy) is 1. The fourth-order valence-corrected chi connectivity index (χ4v) is 2.56. The number of hydrogen-bond donors (Lipinski definition) is 2. The average molecular weight is 235 g/mol. The Kier molecular flexibility index (Phi) is 3.40. The summed E-state index contributed by atoms with van der Waals surface area (Å²) in [4.78, 5) is 0. The Morgan fingerprint density at radius 3 is 2.76 bits per heavy atom. The van der Waals surface area contributed by atoms with Crippen LogP contribution in [-0.4, -0.2) is 24.8 Å². The quantitative estimate of drug-likeness (QED) is 0.841.